The van der Waals surface area contributed by atoms with E-state index in [2.05, 4.69) is 0 Å². The van der Waals surface area contributed by atoms with Crippen molar-refractivity contribution in [1.29, 1.82) is 0 Å². The average Bonchev–Trinajstić information content (AvgIpc) is 2.79. The van der Waals surface area contributed by atoms with E-state index in [1.54, 1.807) is 0 Å². The van der Waals surface area contributed by atoms with Crippen LogP contribution in [-0.4, -0.2) is 40.0 Å². The number of nitrogens with zero attached hydrogens (tertiary/aromatic N) is 1. The van der Waals surface area contributed by atoms with Crippen LogP contribution >= 0.6 is 0 Å². The van der Waals surface area contributed by atoms with E-state index < -0.39 is 40.9 Å². The second-order valence-corrected chi connectivity index (χ2v) is 6.44. The molecule has 2 fully saturated rings. The lowest BCUT2D eigenvalue weighted by molar-refractivity contribution is -0.140. The van der Waals surface area contributed by atoms with Gasteiger partial charge in [0.05, 0.1) is 5.56 Å². The summed E-state index contributed by atoms with van der Waals surface area (Å²) in [4.78, 5) is 25.1. The maximum atomic E-state index is 13.9. The van der Waals surface area contributed by atoms with Gasteiger partial charge in [0, 0.05) is 18.2 Å². The van der Waals surface area contributed by atoms with Crippen LogP contribution in [0.25, 0.3) is 0 Å². The van der Waals surface area contributed by atoms with E-state index in [-0.39, 0.29) is 18.0 Å². The first kappa shape index (κ1) is 16.8. The van der Waals surface area contributed by atoms with Gasteiger partial charge in [0.1, 0.15) is 11.9 Å². The Morgan fingerprint density at radius 2 is 1.62 bits per heavy atom. The second kappa shape index (κ2) is 6.08. The van der Waals surface area contributed by atoms with Crippen LogP contribution < -0.4 is 5.73 Å². The molecule has 2 saturated heterocycles. The monoisotopic (exact) mass is 342 g/mol. The first-order valence-electron chi connectivity index (χ1n) is 7.75. The van der Waals surface area contributed by atoms with Gasteiger partial charge in [-0.05, 0) is 37.7 Å². The number of aliphatic carboxylic acids is 1. The van der Waals surface area contributed by atoms with E-state index in [0.717, 1.165) is 0 Å². The number of amides is 1. The van der Waals surface area contributed by atoms with Crippen LogP contribution in [0, 0.1) is 23.4 Å². The Hall–Kier alpha value is -2.09. The Bertz CT molecular complexity index is 683. The van der Waals surface area contributed by atoms with Crippen molar-refractivity contribution in [1.82, 2.24) is 4.90 Å². The molecule has 1 aromatic carbocycles. The fourth-order valence-corrected chi connectivity index (χ4v) is 3.87. The first-order valence-corrected chi connectivity index (χ1v) is 7.75. The second-order valence-electron chi connectivity index (χ2n) is 6.44. The van der Waals surface area contributed by atoms with Crippen LogP contribution in [0.15, 0.2) is 12.1 Å². The number of benzene rings is 1. The molecule has 2 unspecified atom stereocenters. The largest absolute Gasteiger partial charge is 0.480 e. The molecule has 130 valence electrons. The molecule has 2 heterocycles. The molecular weight excluding hydrogens is 325 g/mol. The lowest BCUT2D eigenvalue weighted by atomic mass is 9.85. The smallest absolute Gasteiger partial charge is 0.320 e. The summed E-state index contributed by atoms with van der Waals surface area (Å²) in [6.07, 6.45) is 2.12. The zero-order valence-corrected chi connectivity index (χ0v) is 12.7. The van der Waals surface area contributed by atoms with E-state index in [4.69, 9.17) is 10.8 Å². The fraction of sp³-hybridized carbons (Fsp3) is 0.500. The number of fused-ring (bicyclic) bond motifs is 2. The molecule has 1 amide bonds. The van der Waals surface area contributed by atoms with Gasteiger partial charge in [-0.25, -0.2) is 13.2 Å². The number of halogens is 3. The minimum Gasteiger partial charge on any atom is -0.480 e. The van der Waals surface area contributed by atoms with E-state index in [1.807, 2.05) is 0 Å². The Kier molecular flexibility index (Phi) is 4.25. The Morgan fingerprint density at radius 3 is 2.17 bits per heavy atom. The van der Waals surface area contributed by atoms with Crippen molar-refractivity contribution in [3.8, 4) is 0 Å². The molecular formula is C16H17F3N2O3. The van der Waals surface area contributed by atoms with Crippen molar-refractivity contribution < 1.29 is 27.9 Å². The van der Waals surface area contributed by atoms with Gasteiger partial charge in [0.15, 0.2) is 11.6 Å². The highest BCUT2D eigenvalue weighted by Crippen LogP contribution is 2.40. The van der Waals surface area contributed by atoms with Gasteiger partial charge < -0.3 is 15.7 Å². The minimum atomic E-state index is -1.35. The molecule has 2 bridgehead atoms. The van der Waals surface area contributed by atoms with Gasteiger partial charge in [-0.15, -0.1) is 0 Å². The quantitative estimate of drug-likeness (QED) is 0.822. The lowest BCUT2D eigenvalue weighted by Crippen LogP contribution is -2.51. The Balaban J connectivity index is 1.83. The highest BCUT2D eigenvalue weighted by molar-refractivity contribution is 5.95. The van der Waals surface area contributed by atoms with Crippen LogP contribution in [-0.2, 0) is 4.79 Å². The molecule has 2 aliphatic rings. The molecule has 1 aromatic rings. The molecule has 0 radical (unpaired) electrons. The topological polar surface area (TPSA) is 83.6 Å². The number of carbonyl (C=O) groups is 2. The normalized spacial score (nSPS) is 27.2. The van der Waals surface area contributed by atoms with Crippen molar-refractivity contribution >= 4 is 11.9 Å². The molecule has 8 heteroatoms. The molecule has 3 atom stereocenters. The number of carbonyl (C=O) groups excluding carboxylic acids is 1. The van der Waals surface area contributed by atoms with E-state index in [1.165, 1.54) is 4.90 Å². The van der Waals surface area contributed by atoms with Gasteiger partial charge in [-0.1, -0.05) is 0 Å². The highest BCUT2D eigenvalue weighted by atomic mass is 19.2. The molecule has 0 aliphatic carbocycles. The number of hydrogen-bond donors (Lipinski definition) is 2. The zero-order chi connectivity index (χ0) is 17.6. The summed E-state index contributed by atoms with van der Waals surface area (Å²) >= 11 is 0. The average molecular weight is 342 g/mol. The van der Waals surface area contributed by atoms with Crippen LogP contribution in [0.4, 0.5) is 13.2 Å². The van der Waals surface area contributed by atoms with Crippen molar-refractivity contribution in [2.75, 3.05) is 0 Å². The summed E-state index contributed by atoms with van der Waals surface area (Å²) < 4.78 is 40.3. The molecule has 0 spiro atoms. The van der Waals surface area contributed by atoms with Crippen LogP contribution in [0.3, 0.4) is 0 Å². The predicted molar refractivity (Wildman–Crippen MR) is 77.6 cm³/mol. The number of hydrogen-bond acceptors (Lipinski definition) is 3. The summed E-state index contributed by atoms with van der Waals surface area (Å²) in [6, 6.07) is -0.609. The third kappa shape index (κ3) is 2.75. The number of carboxylic acids is 1. The summed E-state index contributed by atoms with van der Waals surface area (Å²) in [5.41, 5.74) is 5.17. The number of piperidine rings is 1. The van der Waals surface area contributed by atoms with Crippen LogP contribution in [0.1, 0.15) is 36.0 Å². The van der Waals surface area contributed by atoms with Gasteiger partial charge in [0.2, 0.25) is 0 Å². The number of nitrogens with two attached hydrogens (primary N) is 1. The van der Waals surface area contributed by atoms with E-state index in [9.17, 15) is 22.8 Å². The molecule has 3 N–H and O–H groups in total. The summed E-state index contributed by atoms with van der Waals surface area (Å²) in [5.74, 6) is -5.79. The molecule has 0 aromatic heterocycles. The van der Waals surface area contributed by atoms with Gasteiger partial charge in [0.25, 0.3) is 5.91 Å². The zero-order valence-electron chi connectivity index (χ0n) is 12.7. The summed E-state index contributed by atoms with van der Waals surface area (Å²) in [5, 5.41) is 9.04. The molecule has 24 heavy (non-hydrogen) atoms. The Morgan fingerprint density at radius 1 is 1.08 bits per heavy atom. The van der Waals surface area contributed by atoms with Crippen LogP contribution in [0.2, 0.25) is 0 Å². The van der Waals surface area contributed by atoms with Gasteiger partial charge in [-0.3, -0.25) is 9.59 Å². The number of rotatable bonds is 3. The molecule has 2 aliphatic heterocycles. The maximum Gasteiger partial charge on any atom is 0.320 e. The minimum absolute atomic E-state index is 0.265. The van der Waals surface area contributed by atoms with Crippen molar-refractivity contribution in [2.24, 2.45) is 11.7 Å². The van der Waals surface area contributed by atoms with Crippen molar-refractivity contribution in [3.05, 3.63) is 35.1 Å². The van der Waals surface area contributed by atoms with E-state index in [0.29, 0.717) is 37.8 Å². The third-order valence-electron chi connectivity index (χ3n) is 5.04. The van der Waals surface area contributed by atoms with Gasteiger partial charge in [-0.2, -0.15) is 0 Å². The summed E-state index contributed by atoms with van der Waals surface area (Å²) in [6.45, 7) is 0. The SMILES string of the molecule is N[C@H](C(=O)O)C1CC2CCC(C1)N2C(=O)c1cc(F)c(F)cc1F. The number of carboxylic acid groups (broad SMARTS) is 1. The molecule has 3 rings (SSSR count). The van der Waals surface area contributed by atoms with Crippen LogP contribution in [0.5, 0.6) is 0 Å². The lowest BCUT2D eigenvalue weighted by Gasteiger charge is -2.40. The molecule has 5 nitrogen and oxygen atoms in total. The molecule has 0 saturated carbocycles. The highest BCUT2D eigenvalue weighted by Gasteiger charge is 2.46. The Labute approximate surface area is 136 Å². The maximum absolute atomic E-state index is 13.9. The third-order valence-corrected chi connectivity index (χ3v) is 5.04. The standard InChI is InChI=1S/C16H17F3N2O3/c17-11-6-13(19)12(18)5-10(11)15(22)21-8-1-2-9(21)4-7(3-8)14(20)16(23)24/h5-9,14H,1-4,20H2,(H,23,24)/t7?,8?,9?,14-/m0/s1. The van der Waals surface area contributed by atoms with Crippen molar-refractivity contribution in [2.45, 2.75) is 43.8 Å². The summed E-state index contributed by atoms with van der Waals surface area (Å²) in [7, 11) is 0. The predicted octanol–water partition coefficient (Wildman–Crippen LogP) is 1.90. The van der Waals surface area contributed by atoms with E-state index >= 15 is 0 Å². The fourth-order valence-electron chi connectivity index (χ4n) is 3.87. The van der Waals surface area contributed by atoms with Crippen molar-refractivity contribution in [3.63, 3.8) is 0 Å². The first-order chi connectivity index (χ1) is 11.3. The van der Waals surface area contributed by atoms with Gasteiger partial charge >= 0.3 is 5.97 Å².